The molecule has 4 nitrogen and oxygen atoms in total. The topological polar surface area (TPSA) is 70.3 Å². The number of phenols is 1. The minimum Gasteiger partial charge on any atom is -0.507 e. The fraction of sp³-hybridized carbons (Fsp3) is 0.417. The van der Waals surface area contributed by atoms with Gasteiger partial charge in [0.2, 0.25) is 0 Å². The van der Waals surface area contributed by atoms with Gasteiger partial charge in [0.15, 0.2) is 0 Å². The van der Waals surface area contributed by atoms with Crippen molar-refractivity contribution in [2.75, 3.05) is 6.61 Å². The van der Waals surface area contributed by atoms with Crippen LogP contribution in [0, 0.1) is 11.3 Å². The molecule has 0 fully saturated rings. The second kappa shape index (κ2) is 8.42. The molecule has 0 saturated heterocycles. The summed E-state index contributed by atoms with van der Waals surface area (Å²) in [5.41, 5.74) is 2.14. The van der Waals surface area contributed by atoms with Crippen molar-refractivity contribution >= 4 is 22.9 Å². The van der Waals surface area contributed by atoms with Crippen molar-refractivity contribution in [3.8, 4) is 11.8 Å². The van der Waals surface area contributed by atoms with E-state index in [-0.39, 0.29) is 28.8 Å². The molecule has 0 aliphatic heterocycles. The molecule has 154 valence electrons. The zero-order valence-corrected chi connectivity index (χ0v) is 19.0. The van der Waals surface area contributed by atoms with E-state index >= 15 is 0 Å². The fourth-order valence-electron chi connectivity index (χ4n) is 3.16. The number of carbonyl (C=O) groups is 1. The van der Waals surface area contributed by atoms with Crippen LogP contribution in [0.25, 0.3) is 5.57 Å². The largest absolute Gasteiger partial charge is 0.507 e. The van der Waals surface area contributed by atoms with Crippen LogP contribution < -0.4 is 0 Å². The first-order valence-corrected chi connectivity index (χ1v) is 10.5. The number of aromatic hydroxyl groups is 1. The van der Waals surface area contributed by atoms with Crippen LogP contribution in [0.2, 0.25) is 0 Å². The zero-order valence-electron chi connectivity index (χ0n) is 18.2. The average Bonchev–Trinajstić information content (AvgIpc) is 3.12. The quantitative estimate of drug-likeness (QED) is 0.384. The second-order valence-corrected chi connectivity index (χ2v) is 9.93. The van der Waals surface area contributed by atoms with Gasteiger partial charge in [-0.25, -0.2) is 4.79 Å². The third-order valence-corrected chi connectivity index (χ3v) is 5.51. The molecule has 0 saturated carbocycles. The highest BCUT2D eigenvalue weighted by Crippen LogP contribution is 2.43. The molecule has 0 aliphatic rings. The van der Waals surface area contributed by atoms with Gasteiger partial charge in [0.25, 0.3) is 0 Å². The molecule has 0 unspecified atom stereocenters. The number of nitrogens with zero attached hydrogens (tertiary/aromatic N) is 1. The summed E-state index contributed by atoms with van der Waals surface area (Å²) in [6.45, 7) is 14.1. The van der Waals surface area contributed by atoms with Gasteiger partial charge in [-0.1, -0.05) is 47.6 Å². The maximum Gasteiger partial charge on any atom is 0.349 e. The maximum atomic E-state index is 12.6. The van der Waals surface area contributed by atoms with E-state index in [1.807, 2.05) is 71.2 Å². The number of ether oxygens (including phenoxy) is 1. The zero-order chi connectivity index (χ0) is 22.0. The number of esters is 1. The van der Waals surface area contributed by atoms with Crippen molar-refractivity contribution in [1.29, 1.82) is 5.26 Å². The lowest BCUT2D eigenvalue weighted by Crippen LogP contribution is -2.18. The van der Waals surface area contributed by atoms with Crippen LogP contribution in [-0.2, 0) is 20.4 Å². The van der Waals surface area contributed by atoms with Crippen molar-refractivity contribution in [2.45, 2.75) is 59.3 Å². The van der Waals surface area contributed by atoms with Gasteiger partial charge >= 0.3 is 5.97 Å². The van der Waals surface area contributed by atoms with E-state index in [1.165, 1.54) is 11.3 Å². The summed E-state index contributed by atoms with van der Waals surface area (Å²) in [7, 11) is 0. The Hall–Kier alpha value is -2.58. The van der Waals surface area contributed by atoms with Crippen LogP contribution >= 0.6 is 11.3 Å². The Labute approximate surface area is 177 Å². The number of carbonyl (C=O) groups excluding carboxylic acids is 1. The normalized spacial score (nSPS) is 12.9. The van der Waals surface area contributed by atoms with Crippen LogP contribution in [0.15, 0.2) is 35.2 Å². The molecular formula is C24H29NO3S. The molecule has 1 aromatic heterocycles. The molecule has 5 heteroatoms. The summed E-state index contributed by atoms with van der Waals surface area (Å²) in [5, 5.41) is 22.7. The standard InChI is InChI=1S/C24H29NO3S/c1-8-28-22(27)16(14-25)20(19-10-9-11-29-19)15-12-17(23(2,3)4)21(26)18(13-15)24(5,6)7/h9-13,26H,8H2,1-7H3. The lowest BCUT2D eigenvalue weighted by atomic mass is 9.77. The minimum absolute atomic E-state index is 0.0280. The lowest BCUT2D eigenvalue weighted by Gasteiger charge is -2.28. The highest BCUT2D eigenvalue weighted by atomic mass is 32.1. The van der Waals surface area contributed by atoms with Crippen LogP contribution in [0.1, 0.15) is 70.0 Å². The van der Waals surface area contributed by atoms with Gasteiger partial charge in [-0.15, -0.1) is 11.3 Å². The van der Waals surface area contributed by atoms with Crippen molar-refractivity contribution < 1.29 is 14.6 Å². The molecule has 0 amide bonds. The Morgan fingerprint density at radius 2 is 1.69 bits per heavy atom. The smallest absolute Gasteiger partial charge is 0.349 e. The molecule has 0 bridgehead atoms. The van der Waals surface area contributed by atoms with E-state index in [4.69, 9.17) is 4.74 Å². The molecular weight excluding hydrogens is 382 g/mol. The number of benzene rings is 1. The number of rotatable bonds is 4. The molecule has 0 aliphatic carbocycles. The molecule has 1 aromatic carbocycles. The summed E-state index contributed by atoms with van der Waals surface area (Å²) in [5.74, 6) is -0.380. The SMILES string of the molecule is CCOC(=O)C(C#N)=C(c1cc(C(C)(C)C)c(O)c(C(C)(C)C)c1)c1cccs1. The molecule has 0 radical (unpaired) electrons. The predicted molar refractivity (Wildman–Crippen MR) is 118 cm³/mol. The van der Waals surface area contributed by atoms with E-state index in [2.05, 4.69) is 6.07 Å². The highest BCUT2D eigenvalue weighted by molar-refractivity contribution is 7.11. The summed E-state index contributed by atoms with van der Waals surface area (Å²) in [4.78, 5) is 13.4. The van der Waals surface area contributed by atoms with Crippen molar-refractivity contribution in [1.82, 2.24) is 0 Å². The molecule has 2 aromatic rings. The highest BCUT2D eigenvalue weighted by Gasteiger charge is 2.29. The number of phenolic OH excluding ortho intramolecular Hbond substituents is 1. The minimum atomic E-state index is -0.638. The summed E-state index contributed by atoms with van der Waals surface area (Å²) >= 11 is 1.46. The van der Waals surface area contributed by atoms with E-state index in [0.29, 0.717) is 5.57 Å². The fourth-order valence-corrected chi connectivity index (χ4v) is 3.96. The van der Waals surface area contributed by atoms with Crippen LogP contribution in [0.3, 0.4) is 0 Å². The van der Waals surface area contributed by atoms with E-state index in [9.17, 15) is 15.2 Å². The number of hydrogen-bond acceptors (Lipinski definition) is 5. The molecule has 29 heavy (non-hydrogen) atoms. The van der Waals surface area contributed by atoms with Gasteiger partial charge in [-0.3, -0.25) is 0 Å². The second-order valence-electron chi connectivity index (χ2n) is 8.98. The summed E-state index contributed by atoms with van der Waals surface area (Å²) in [6, 6.07) is 9.59. The van der Waals surface area contributed by atoms with Gasteiger partial charge in [0.1, 0.15) is 17.4 Å². The molecule has 0 atom stereocenters. The Balaban J connectivity index is 2.96. The van der Waals surface area contributed by atoms with Crippen molar-refractivity contribution in [2.24, 2.45) is 0 Å². The third-order valence-electron chi connectivity index (χ3n) is 4.62. The first-order valence-electron chi connectivity index (χ1n) is 9.65. The Bertz CT molecular complexity index is 930. The average molecular weight is 412 g/mol. The van der Waals surface area contributed by atoms with Gasteiger partial charge in [0, 0.05) is 21.6 Å². The molecule has 0 spiro atoms. The number of nitriles is 1. The van der Waals surface area contributed by atoms with Gasteiger partial charge in [0.05, 0.1) is 6.61 Å². The van der Waals surface area contributed by atoms with Gasteiger partial charge < -0.3 is 9.84 Å². The van der Waals surface area contributed by atoms with Crippen LogP contribution in [0.5, 0.6) is 5.75 Å². The van der Waals surface area contributed by atoms with Crippen molar-refractivity contribution in [3.05, 3.63) is 56.8 Å². The van der Waals surface area contributed by atoms with Crippen LogP contribution in [-0.4, -0.2) is 17.7 Å². The first-order chi connectivity index (χ1) is 13.4. The molecule has 2 rings (SSSR count). The Morgan fingerprint density at radius 3 is 2.07 bits per heavy atom. The van der Waals surface area contributed by atoms with Crippen LogP contribution in [0.4, 0.5) is 0 Å². The first kappa shape index (κ1) is 22.7. The third kappa shape index (κ3) is 4.89. The van der Waals surface area contributed by atoms with Gasteiger partial charge in [-0.2, -0.15) is 5.26 Å². The molecule has 1 heterocycles. The van der Waals surface area contributed by atoms with Gasteiger partial charge in [-0.05, 0) is 46.9 Å². The maximum absolute atomic E-state index is 12.6. The summed E-state index contributed by atoms with van der Waals surface area (Å²) in [6.07, 6.45) is 0. The predicted octanol–water partition coefficient (Wildman–Crippen LogP) is 5.94. The Morgan fingerprint density at radius 1 is 1.14 bits per heavy atom. The van der Waals surface area contributed by atoms with E-state index in [0.717, 1.165) is 21.6 Å². The van der Waals surface area contributed by atoms with E-state index < -0.39 is 5.97 Å². The number of thiophene rings is 1. The Kier molecular flexibility index (Phi) is 6.60. The number of hydrogen-bond donors (Lipinski definition) is 1. The summed E-state index contributed by atoms with van der Waals surface area (Å²) < 4.78 is 5.15. The monoisotopic (exact) mass is 411 g/mol. The van der Waals surface area contributed by atoms with E-state index in [1.54, 1.807) is 6.92 Å². The van der Waals surface area contributed by atoms with Crippen molar-refractivity contribution in [3.63, 3.8) is 0 Å². The molecule has 1 N–H and O–H groups in total. The lowest BCUT2D eigenvalue weighted by molar-refractivity contribution is -0.137.